The second-order valence-electron chi connectivity index (χ2n) is 2.50. The van der Waals surface area contributed by atoms with E-state index in [0.717, 1.165) is 10.0 Å². The summed E-state index contributed by atoms with van der Waals surface area (Å²) in [5.74, 6) is 0.492. The van der Waals surface area contributed by atoms with Gasteiger partial charge in [0, 0.05) is 32.6 Å². The molecule has 0 atom stereocenters. The molecule has 1 heterocycles. The van der Waals surface area contributed by atoms with Gasteiger partial charge in [0.1, 0.15) is 0 Å². The Morgan fingerprint density at radius 2 is 2.21 bits per heavy atom. The van der Waals surface area contributed by atoms with Gasteiger partial charge in [0.25, 0.3) is 5.89 Å². The maximum atomic E-state index is 5.86. The van der Waals surface area contributed by atoms with Gasteiger partial charge in [0.15, 0.2) is 0 Å². The zero-order valence-corrected chi connectivity index (χ0v) is 11.2. The lowest BCUT2D eigenvalue weighted by Crippen LogP contribution is -1.78. The summed E-state index contributed by atoms with van der Waals surface area (Å²) in [6.45, 7) is 0. The molecule has 0 unspecified atom stereocenters. The fourth-order valence-electron chi connectivity index (χ4n) is 0.952. The number of rotatable bonds is 1. The summed E-state index contributed by atoms with van der Waals surface area (Å²) in [6, 6.07) is 5.45. The van der Waals surface area contributed by atoms with Crippen LogP contribution in [0.15, 0.2) is 27.2 Å². The highest BCUT2D eigenvalue weighted by molar-refractivity contribution is 14.1. The summed E-state index contributed by atoms with van der Waals surface area (Å²) >= 11 is 11.2. The van der Waals surface area contributed by atoms with Crippen LogP contribution in [0, 0.1) is 3.83 Å². The molecule has 0 saturated heterocycles. The average molecular weight is 385 g/mol. The lowest BCUT2D eigenvalue weighted by Gasteiger charge is -1.97. The van der Waals surface area contributed by atoms with E-state index in [-0.39, 0.29) is 0 Å². The predicted octanol–water partition coefficient (Wildman–Crippen LogP) is 3.76. The van der Waals surface area contributed by atoms with Crippen molar-refractivity contribution in [3.63, 3.8) is 0 Å². The monoisotopic (exact) mass is 384 g/mol. The van der Waals surface area contributed by atoms with E-state index in [1.54, 1.807) is 6.07 Å². The largest absolute Gasteiger partial charge is 0.333 e. The molecule has 0 aliphatic rings. The first-order chi connectivity index (χ1) is 6.66. The molecule has 0 amide bonds. The molecule has 0 aliphatic carbocycles. The van der Waals surface area contributed by atoms with E-state index in [9.17, 15) is 0 Å². The molecule has 14 heavy (non-hydrogen) atoms. The Bertz CT molecular complexity index is 474. The SMILES string of the molecule is Clc1ccc(-c2nc(I)no2)cc1Br. The standard InChI is InChI=1S/C8H3BrClIN2O/c9-5-3-4(1-2-6(5)10)7-12-8(11)13-14-7/h1-3H. The van der Waals surface area contributed by atoms with Crippen LogP contribution in [0.1, 0.15) is 0 Å². The molecule has 0 spiro atoms. The zero-order chi connectivity index (χ0) is 10.1. The van der Waals surface area contributed by atoms with Crippen LogP contribution in [-0.2, 0) is 0 Å². The Kier molecular flexibility index (Phi) is 3.08. The number of hydrogen-bond donors (Lipinski definition) is 0. The molecular formula is C8H3BrClIN2O. The number of aromatic nitrogens is 2. The number of nitrogens with zero attached hydrogens (tertiary/aromatic N) is 2. The van der Waals surface area contributed by atoms with Crippen molar-refractivity contribution in [3.8, 4) is 11.5 Å². The number of halogens is 3. The smallest absolute Gasteiger partial charge is 0.258 e. The highest BCUT2D eigenvalue weighted by atomic mass is 127. The van der Waals surface area contributed by atoms with E-state index in [2.05, 4.69) is 26.1 Å². The minimum absolute atomic E-state index is 0.492. The molecule has 2 rings (SSSR count). The van der Waals surface area contributed by atoms with Crippen LogP contribution in [0.4, 0.5) is 0 Å². The minimum Gasteiger partial charge on any atom is -0.333 e. The van der Waals surface area contributed by atoms with Gasteiger partial charge in [-0.1, -0.05) is 16.8 Å². The van der Waals surface area contributed by atoms with Gasteiger partial charge in [-0.2, -0.15) is 4.98 Å². The van der Waals surface area contributed by atoms with Crippen molar-refractivity contribution in [2.45, 2.75) is 0 Å². The van der Waals surface area contributed by atoms with E-state index in [4.69, 9.17) is 16.1 Å². The van der Waals surface area contributed by atoms with Gasteiger partial charge in [-0.15, -0.1) is 0 Å². The van der Waals surface area contributed by atoms with Crippen molar-refractivity contribution >= 4 is 50.1 Å². The maximum absolute atomic E-state index is 5.86. The van der Waals surface area contributed by atoms with Gasteiger partial charge in [0.2, 0.25) is 3.83 Å². The van der Waals surface area contributed by atoms with Gasteiger partial charge in [-0.25, -0.2) is 0 Å². The molecule has 3 nitrogen and oxygen atoms in total. The molecule has 6 heteroatoms. The molecule has 0 bridgehead atoms. The van der Waals surface area contributed by atoms with Crippen molar-refractivity contribution in [3.05, 3.63) is 31.5 Å². The van der Waals surface area contributed by atoms with Gasteiger partial charge in [-0.05, 0) is 34.1 Å². The van der Waals surface area contributed by atoms with Crippen molar-refractivity contribution in [2.75, 3.05) is 0 Å². The normalized spacial score (nSPS) is 10.5. The average Bonchev–Trinajstić information content (AvgIpc) is 2.57. The van der Waals surface area contributed by atoms with Crippen LogP contribution in [0.5, 0.6) is 0 Å². The summed E-state index contributed by atoms with van der Waals surface area (Å²) in [5, 5.41) is 4.35. The van der Waals surface area contributed by atoms with Crippen molar-refractivity contribution in [1.82, 2.24) is 10.1 Å². The summed E-state index contributed by atoms with van der Waals surface area (Å²) in [6.07, 6.45) is 0. The van der Waals surface area contributed by atoms with E-state index in [0.29, 0.717) is 14.7 Å². The summed E-state index contributed by atoms with van der Waals surface area (Å²) in [5.41, 5.74) is 0.844. The minimum atomic E-state index is 0.492. The second-order valence-corrected chi connectivity index (χ2v) is 4.72. The van der Waals surface area contributed by atoms with Crippen molar-refractivity contribution in [2.24, 2.45) is 0 Å². The third-order valence-electron chi connectivity index (χ3n) is 1.57. The van der Waals surface area contributed by atoms with E-state index >= 15 is 0 Å². The van der Waals surface area contributed by atoms with Gasteiger partial charge in [0.05, 0.1) is 5.02 Å². The Morgan fingerprint density at radius 1 is 1.43 bits per heavy atom. The Balaban J connectivity index is 2.47. The van der Waals surface area contributed by atoms with Crippen LogP contribution >= 0.6 is 50.1 Å². The fourth-order valence-corrected chi connectivity index (χ4v) is 1.77. The summed E-state index contributed by atoms with van der Waals surface area (Å²) < 4.78 is 6.41. The summed E-state index contributed by atoms with van der Waals surface area (Å²) in [4.78, 5) is 4.10. The van der Waals surface area contributed by atoms with E-state index in [1.807, 2.05) is 34.7 Å². The quantitative estimate of drug-likeness (QED) is 0.702. The second kappa shape index (κ2) is 4.16. The van der Waals surface area contributed by atoms with Gasteiger partial charge >= 0.3 is 0 Å². The first-order valence-corrected chi connectivity index (χ1v) is 5.86. The van der Waals surface area contributed by atoms with E-state index < -0.39 is 0 Å². The molecule has 0 aliphatic heterocycles. The highest BCUT2D eigenvalue weighted by Gasteiger charge is 2.08. The fraction of sp³-hybridized carbons (Fsp3) is 0. The third kappa shape index (κ3) is 2.09. The Hall–Kier alpha value is -0.140. The zero-order valence-electron chi connectivity index (χ0n) is 6.67. The van der Waals surface area contributed by atoms with Crippen LogP contribution in [0.2, 0.25) is 5.02 Å². The van der Waals surface area contributed by atoms with Crippen molar-refractivity contribution in [1.29, 1.82) is 0 Å². The number of benzene rings is 1. The van der Waals surface area contributed by atoms with E-state index in [1.165, 1.54) is 0 Å². The molecule has 0 saturated carbocycles. The topological polar surface area (TPSA) is 38.9 Å². The molecule has 0 radical (unpaired) electrons. The Labute approximate surface area is 107 Å². The molecule has 1 aromatic heterocycles. The molecule has 1 aromatic carbocycles. The molecule has 0 N–H and O–H groups in total. The number of hydrogen-bond acceptors (Lipinski definition) is 3. The molecular weight excluding hydrogens is 382 g/mol. The van der Waals surface area contributed by atoms with Crippen LogP contribution < -0.4 is 0 Å². The lowest BCUT2D eigenvalue weighted by molar-refractivity contribution is 0.426. The van der Waals surface area contributed by atoms with Gasteiger partial charge in [-0.3, -0.25) is 0 Å². The molecule has 72 valence electrons. The first-order valence-electron chi connectivity index (χ1n) is 3.61. The summed E-state index contributed by atoms with van der Waals surface area (Å²) in [7, 11) is 0. The van der Waals surface area contributed by atoms with Crippen LogP contribution in [-0.4, -0.2) is 10.1 Å². The van der Waals surface area contributed by atoms with Crippen LogP contribution in [0.3, 0.4) is 0 Å². The van der Waals surface area contributed by atoms with Gasteiger partial charge < -0.3 is 4.52 Å². The first kappa shape index (κ1) is 10.4. The molecule has 2 aromatic rings. The highest BCUT2D eigenvalue weighted by Crippen LogP contribution is 2.27. The predicted molar refractivity (Wildman–Crippen MR) is 65.2 cm³/mol. The van der Waals surface area contributed by atoms with Crippen molar-refractivity contribution < 1.29 is 4.52 Å². The third-order valence-corrected chi connectivity index (χ3v) is 3.22. The Morgan fingerprint density at radius 3 is 2.79 bits per heavy atom. The lowest BCUT2D eigenvalue weighted by atomic mass is 10.2. The molecule has 0 fully saturated rings. The van der Waals surface area contributed by atoms with Crippen LogP contribution in [0.25, 0.3) is 11.5 Å². The maximum Gasteiger partial charge on any atom is 0.258 e.